The van der Waals surface area contributed by atoms with Crippen molar-refractivity contribution in [1.29, 1.82) is 0 Å². The van der Waals surface area contributed by atoms with Crippen LogP contribution in [0.5, 0.6) is 0 Å². The number of amides is 2. The summed E-state index contributed by atoms with van der Waals surface area (Å²) in [5.74, 6) is 4.41. The standard InChI is InChI=1S/C47H85N9O7/c1-32(2)9-6-10-33(3)37-13-14-38-36-12-11-34-31-35(17-19-46(34,4)39(36)18-20-47(37,38)5)63-45(59)62-30-29-61-28-27-60-26-25-52-40(42(58)54-22-8-24-56-44(50)51)15-16-41(57)53-21-7-23-55-43(48)49/h11,32-33,35-40,52H,6-10,12-31H2,1-5H3,(H,53,57)(H,54,58)(H4,48,49,55)(H4,50,51,56). The highest BCUT2D eigenvalue weighted by atomic mass is 16.7. The molecule has 11 N–H and O–H groups in total. The number of guanidine groups is 2. The summed E-state index contributed by atoms with van der Waals surface area (Å²) < 4.78 is 22.5. The molecular weight excluding hydrogens is 803 g/mol. The van der Waals surface area contributed by atoms with Gasteiger partial charge in [-0.3, -0.25) is 19.6 Å². The summed E-state index contributed by atoms with van der Waals surface area (Å²) in [7, 11) is 0. The first kappa shape index (κ1) is 52.0. The van der Waals surface area contributed by atoms with Crippen LogP contribution in [-0.2, 0) is 28.5 Å². The van der Waals surface area contributed by atoms with E-state index in [1.165, 1.54) is 56.9 Å². The predicted octanol–water partition coefficient (Wildman–Crippen LogP) is 4.88. The number of ether oxygens (including phenoxy) is 4. The number of hydrogen-bond acceptors (Lipinski definition) is 10. The van der Waals surface area contributed by atoms with E-state index in [0.717, 1.165) is 54.8 Å². The number of aliphatic imine (C=N–C) groups is 2. The number of fused-ring (bicyclic) bond motifs is 5. The van der Waals surface area contributed by atoms with Crippen molar-refractivity contribution in [2.75, 3.05) is 65.8 Å². The highest BCUT2D eigenvalue weighted by molar-refractivity contribution is 5.83. The molecule has 0 aromatic carbocycles. The molecule has 0 spiro atoms. The molecule has 0 heterocycles. The Labute approximate surface area is 378 Å². The number of carbonyl (C=O) groups excluding carboxylic acids is 3. The van der Waals surface area contributed by atoms with E-state index >= 15 is 0 Å². The van der Waals surface area contributed by atoms with Crippen LogP contribution in [0.25, 0.3) is 0 Å². The average molecular weight is 888 g/mol. The number of allylic oxidation sites excluding steroid dienone is 1. The molecule has 2 amide bonds. The fourth-order valence-corrected chi connectivity index (χ4v) is 11.6. The van der Waals surface area contributed by atoms with Crippen LogP contribution < -0.4 is 38.9 Å². The molecule has 4 rings (SSSR count). The van der Waals surface area contributed by atoms with Gasteiger partial charge in [0.15, 0.2) is 11.9 Å². The minimum atomic E-state index is -0.635. The van der Waals surface area contributed by atoms with Crippen molar-refractivity contribution in [3.8, 4) is 0 Å². The highest BCUT2D eigenvalue weighted by Crippen LogP contribution is 2.67. The van der Waals surface area contributed by atoms with Crippen molar-refractivity contribution in [2.24, 2.45) is 79.3 Å². The lowest BCUT2D eigenvalue weighted by molar-refractivity contribution is -0.124. The molecule has 3 fully saturated rings. The SMILES string of the molecule is CC(C)CCCC(C)C1CCC2C3CC=C4CC(OC(=O)OCCOCCOCCNC(CCC(=O)NCCCN=C(N)N)C(=O)NCCCN=C(N)N)CCC4(C)C3CCC12C. The van der Waals surface area contributed by atoms with Crippen molar-refractivity contribution in [1.82, 2.24) is 16.0 Å². The fraction of sp³-hybridized carbons (Fsp3) is 0.851. The molecule has 16 heteroatoms. The van der Waals surface area contributed by atoms with Gasteiger partial charge in [-0.15, -0.1) is 0 Å². The molecule has 0 aromatic rings. The van der Waals surface area contributed by atoms with Gasteiger partial charge in [0.25, 0.3) is 0 Å². The maximum atomic E-state index is 12.9. The van der Waals surface area contributed by atoms with Crippen molar-refractivity contribution < 1.29 is 33.3 Å². The second kappa shape index (κ2) is 26.4. The number of hydrogen-bond donors (Lipinski definition) is 7. The Kier molecular flexibility index (Phi) is 21.8. The largest absolute Gasteiger partial charge is 0.508 e. The van der Waals surface area contributed by atoms with Gasteiger partial charge in [-0.2, -0.15) is 0 Å². The van der Waals surface area contributed by atoms with Gasteiger partial charge in [-0.1, -0.05) is 65.5 Å². The van der Waals surface area contributed by atoms with Crippen molar-refractivity contribution in [3.05, 3.63) is 11.6 Å². The van der Waals surface area contributed by atoms with Crippen LogP contribution in [0.15, 0.2) is 21.6 Å². The first-order valence-corrected chi connectivity index (χ1v) is 24.2. The van der Waals surface area contributed by atoms with Gasteiger partial charge in [-0.05, 0) is 111 Å². The first-order valence-electron chi connectivity index (χ1n) is 24.2. The lowest BCUT2D eigenvalue weighted by Crippen LogP contribution is -2.51. The Morgan fingerprint density at radius 3 is 2.16 bits per heavy atom. The average Bonchev–Trinajstić information content (AvgIpc) is 3.59. The summed E-state index contributed by atoms with van der Waals surface area (Å²) in [6.07, 6.45) is 16.9. The maximum Gasteiger partial charge on any atom is 0.508 e. The van der Waals surface area contributed by atoms with E-state index in [4.69, 9.17) is 41.9 Å². The third kappa shape index (κ3) is 16.4. The van der Waals surface area contributed by atoms with E-state index in [-0.39, 0.29) is 54.9 Å². The number of nitrogens with one attached hydrogen (secondary N) is 3. The van der Waals surface area contributed by atoms with Crippen LogP contribution in [0.3, 0.4) is 0 Å². The molecule has 0 bridgehead atoms. The molecule has 0 saturated heterocycles. The summed E-state index contributed by atoms with van der Waals surface area (Å²) in [4.78, 5) is 45.8. The van der Waals surface area contributed by atoms with E-state index in [9.17, 15) is 14.4 Å². The normalized spacial score (nSPS) is 27.1. The Bertz CT molecular complexity index is 1520. The molecule has 0 radical (unpaired) electrons. The van der Waals surface area contributed by atoms with Crippen LogP contribution in [0.4, 0.5) is 4.79 Å². The molecular formula is C47H85N9O7. The topological polar surface area (TPSA) is 253 Å². The highest BCUT2D eigenvalue weighted by Gasteiger charge is 2.59. The number of nitrogens with two attached hydrogens (primary N) is 4. The van der Waals surface area contributed by atoms with Gasteiger partial charge >= 0.3 is 6.16 Å². The smallest absolute Gasteiger partial charge is 0.432 e. The van der Waals surface area contributed by atoms with Gasteiger partial charge < -0.3 is 57.8 Å². The molecule has 0 aromatic heterocycles. The van der Waals surface area contributed by atoms with Crippen LogP contribution in [0, 0.1) is 46.3 Å². The van der Waals surface area contributed by atoms with E-state index < -0.39 is 12.2 Å². The van der Waals surface area contributed by atoms with Gasteiger partial charge in [0.1, 0.15) is 12.7 Å². The number of carbonyl (C=O) groups is 3. The molecule has 360 valence electrons. The molecule has 4 aliphatic rings. The van der Waals surface area contributed by atoms with Gasteiger partial charge in [-0.25, -0.2) is 4.79 Å². The minimum Gasteiger partial charge on any atom is -0.432 e. The van der Waals surface area contributed by atoms with Gasteiger partial charge in [0.2, 0.25) is 11.8 Å². The Morgan fingerprint density at radius 2 is 1.46 bits per heavy atom. The summed E-state index contributed by atoms with van der Waals surface area (Å²) in [6, 6.07) is -0.603. The van der Waals surface area contributed by atoms with Crippen molar-refractivity contribution in [2.45, 2.75) is 143 Å². The summed E-state index contributed by atoms with van der Waals surface area (Å²) >= 11 is 0. The van der Waals surface area contributed by atoms with E-state index in [0.29, 0.717) is 77.2 Å². The van der Waals surface area contributed by atoms with Crippen LogP contribution in [0.1, 0.15) is 131 Å². The summed E-state index contributed by atoms with van der Waals surface area (Å²) in [5, 5.41) is 8.87. The fourth-order valence-electron chi connectivity index (χ4n) is 11.6. The molecule has 16 nitrogen and oxygen atoms in total. The van der Waals surface area contributed by atoms with Crippen LogP contribution in [0.2, 0.25) is 0 Å². The second-order valence-corrected chi connectivity index (χ2v) is 19.6. The zero-order valence-corrected chi connectivity index (χ0v) is 39.4. The zero-order valence-electron chi connectivity index (χ0n) is 39.4. The zero-order chi connectivity index (χ0) is 45.8. The summed E-state index contributed by atoms with van der Waals surface area (Å²) in [6.45, 7) is 15.7. The predicted molar refractivity (Wildman–Crippen MR) is 249 cm³/mol. The van der Waals surface area contributed by atoms with E-state index in [1.807, 2.05) is 0 Å². The second-order valence-electron chi connectivity index (χ2n) is 19.6. The lowest BCUT2D eigenvalue weighted by Gasteiger charge is -2.58. The first-order chi connectivity index (χ1) is 30.1. The quantitative estimate of drug-likeness (QED) is 0.0183. The van der Waals surface area contributed by atoms with E-state index in [1.54, 1.807) is 0 Å². The van der Waals surface area contributed by atoms with Crippen molar-refractivity contribution in [3.63, 3.8) is 0 Å². The molecule has 3 saturated carbocycles. The van der Waals surface area contributed by atoms with Crippen molar-refractivity contribution >= 4 is 29.9 Å². The van der Waals surface area contributed by atoms with Crippen LogP contribution in [-0.4, -0.2) is 108 Å². The van der Waals surface area contributed by atoms with Gasteiger partial charge in [0, 0.05) is 45.6 Å². The third-order valence-corrected chi connectivity index (χ3v) is 14.8. The minimum absolute atomic E-state index is 0.00102. The molecule has 4 aliphatic carbocycles. The maximum absolute atomic E-state index is 12.9. The molecule has 63 heavy (non-hydrogen) atoms. The lowest BCUT2D eigenvalue weighted by atomic mass is 9.47. The van der Waals surface area contributed by atoms with Gasteiger partial charge in [0.05, 0.1) is 32.5 Å². The third-order valence-electron chi connectivity index (χ3n) is 14.8. The Morgan fingerprint density at radius 1 is 0.778 bits per heavy atom. The monoisotopic (exact) mass is 888 g/mol. The van der Waals surface area contributed by atoms with Crippen LogP contribution >= 0.6 is 0 Å². The number of rotatable bonds is 28. The Hall–Kier alpha value is -3.63. The number of nitrogens with zero attached hydrogens (tertiary/aromatic N) is 2. The molecule has 0 aliphatic heterocycles. The molecule has 9 atom stereocenters. The Balaban J connectivity index is 1.09. The van der Waals surface area contributed by atoms with E-state index in [2.05, 4.69) is 66.6 Å². The summed E-state index contributed by atoms with van der Waals surface area (Å²) in [5.41, 5.74) is 23.6. The molecule has 9 unspecified atom stereocenters.